The Morgan fingerprint density at radius 2 is 1.70 bits per heavy atom. The second kappa shape index (κ2) is 4.96. The standard InChI is InChI=1S/C19H19NO2S/c1-13-7-9-15(10-8-13)23(21,22)20-12-18(17-11-14(17)2)16-5-3-4-6-19(16)20/h3-10,12,14,17H,11H2,1-2H3/t14-,17-/m0/s1. The first kappa shape index (κ1) is 14.5. The number of para-hydroxylation sites is 1. The van der Waals surface area contributed by atoms with Crippen molar-refractivity contribution in [1.82, 2.24) is 3.97 Å². The van der Waals surface area contributed by atoms with Gasteiger partial charge in [0.15, 0.2) is 0 Å². The lowest BCUT2D eigenvalue weighted by Gasteiger charge is -2.07. The number of fused-ring (bicyclic) bond motifs is 1. The molecule has 1 aliphatic carbocycles. The van der Waals surface area contributed by atoms with Crippen molar-refractivity contribution < 1.29 is 8.42 Å². The van der Waals surface area contributed by atoms with Gasteiger partial charge in [0.05, 0.1) is 10.4 Å². The van der Waals surface area contributed by atoms with Gasteiger partial charge in [-0.15, -0.1) is 0 Å². The van der Waals surface area contributed by atoms with Crippen LogP contribution in [0, 0.1) is 12.8 Å². The van der Waals surface area contributed by atoms with Crippen LogP contribution in [0.3, 0.4) is 0 Å². The van der Waals surface area contributed by atoms with E-state index in [-0.39, 0.29) is 0 Å². The Kier molecular flexibility index (Phi) is 3.13. The van der Waals surface area contributed by atoms with Gasteiger partial charge < -0.3 is 0 Å². The summed E-state index contributed by atoms with van der Waals surface area (Å²) in [7, 11) is -3.57. The van der Waals surface area contributed by atoms with Crippen LogP contribution in [0.2, 0.25) is 0 Å². The molecule has 0 radical (unpaired) electrons. The average molecular weight is 325 g/mol. The summed E-state index contributed by atoms with van der Waals surface area (Å²) in [6.45, 7) is 4.17. The topological polar surface area (TPSA) is 39.1 Å². The van der Waals surface area contributed by atoms with E-state index >= 15 is 0 Å². The Hall–Kier alpha value is -2.07. The largest absolute Gasteiger partial charge is 0.268 e. The second-order valence-corrected chi connectivity index (χ2v) is 8.35. The van der Waals surface area contributed by atoms with Gasteiger partial charge in [0.1, 0.15) is 0 Å². The van der Waals surface area contributed by atoms with Gasteiger partial charge in [0.2, 0.25) is 0 Å². The third-order valence-corrected chi connectivity index (χ3v) is 6.48. The Morgan fingerprint density at radius 3 is 2.35 bits per heavy atom. The van der Waals surface area contributed by atoms with Gasteiger partial charge >= 0.3 is 0 Å². The summed E-state index contributed by atoms with van der Waals surface area (Å²) in [4.78, 5) is 0.333. The van der Waals surface area contributed by atoms with Crippen LogP contribution in [0.1, 0.15) is 30.4 Å². The van der Waals surface area contributed by atoms with Crippen molar-refractivity contribution in [3.05, 3.63) is 65.9 Å². The molecule has 3 aromatic rings. The van der Waals surface area contributed by atoms with Crippen molar-refractivity contribution >= 4 is 20.9 Å². The van der Waals surface area contributed by atoms with E-state index in [9.17, 15) is 8.42 Å². The maximum atomic E-state index is 13.1. The summed E-state index contributed by atoms with van der Waals surface area (Å²) >= 11 is 0. The van der Waals surface area contributed by atoms with E-state index in [2.05, 4.69) is 6.92 Å². The SMILES string of the molecule is Cc1ccc(S(=O)(=O)n2cc([C@H]3C[C@@H]3C)c3ccccc32)cc1. The van der Waals surface area contributed by atoms with Crippen LogP contribution < -0.4 is 0 Å². The van der Waals surface area contributed by atoms with Gasteiger partial charge in [0.25, 0.3) is 10.0 Å². The highest BCUT2D eigenvalue weighted by Gasteiger charge is 2.37. The summed E-state index contributed by atoms with van der Waals surface area (Å²) in [5, 5.41) is 1.05. The predicted octanol–water partition coefficient (Wildman–Crippen LogP) is 4.31. The van der Waals surface area contributed by atoms with Crippen molar-refractivity contribution in [3.8, 4) is 0 Å². The van der Waals surface area contributed by atoms with Crippen molar-refractivity contribution in [1.29, 1.82) is 0 Å². The average Bonchev–Trinajstić information content (AvgIpc) is 3.12. The zero-order chi connectivity index (χ0) is 16.2. The van der Waals surface area contributed by atoms with Crippen LogP contribution in [-0.2, 0) is 10.0 Å². The van der Waals surface area contributed by atoms with Crippen LogP contribution >= 0.6 is 0 Å². The van der Waals surface area contributed by atoms with Gasteiger partial charge in [-0.2, -0.15) is 0 Å². The number of benzene rings is 2. The highest BCUT2D eigenvalue weighted by Crippen LogP contribution is 2.49. The Labute approximate surface area is 136 Å². The molecule has 1 aliphatic rings. The molecule has 4 heteroatoms. The molecule has 1 fully saturated rings. The highest BCUT2D eigenvalue weighted by atomic mass is 32.2. The molecule has 0 aliphatic heterocycles. The van der Waals surface area contributed by atoms with E-state index in [1.54, 1.807) is 12.1 Å². The minimum Gasteiger partial charge on any atom is -0.241 e. The third kappa shape index (κ3) is 2.29. The third-order valence-electron chi connectivity index (χ3n) is 4.80. The van der Waals surface area contributed by atoms with Gasteiger partial charge in [0, 0.05) is 11.6 Å². The number of aromatic nitrogens is 1. The molecule has 4 rings (SSSR count). The number of aryl methyl sites for hydroxylation is 1. The molecule has 0 N–H and O–H groups in total. The summed E-state index contributed by atoms with van der Waals surface area (Å²) in [6.07, 6.45) is 2.96. The lowest BCUT2D eigenvalue weighted by molar-refractivity contribution is 0.589. The normalized spacial score (nSPS) is 20.8. The first-order chi connectivity index (χ1) is 11.0. The van der Waals surface area contributed by atoms with E-state index in [0.717, 1.165) is 28.5 Å². The van der Waals surface area contributed by atoms with Crippen LogP contribution in [0.5, 0.6) is 0 Å². The number of nitrogens with zero attached hydrogens (tertiary/aromatic N) is 1. The molecule has 0 saturated heterocycles. The van der Waals surface area contributed by atoms with Crippen LogP contribution in [0.15, 0.2) is 59.6 Å². The number of rotatable bonds is 3. The first-order valence-electron chi connectivity index (χ1n) is 7.91. The molecule has 0 unspecified atom stereocenters. The first-order valence-corrected chi connectivity index (χ1v) is 9.35. The molecule has 1 saturated carbocycles. The minimum atomic E-state index is -3.57. The van der Waals surface area contributed by atoms with E-state index in [4.69, 9.17) is 0 Å². The highest BCUT2D eigenvalue weighted by molar-refractivity contribution is 7.90. The van der Waals surface area contributed by atoms with Crippen LogP contribution in [-0.4, -0.2) is 12.4 Å². The molecule has 2 atom stereocenters. The maximum absolute atomic E-state index is 13.1. The Bertz CT molecular complexity index is 984. The Morgan fingerprint density at radius 1 is 1.04 bits per heavy atom. The molecular weight excluding hydrogens is 306 g/mol. The maximum Gasteiger partial charge on any atom is 0.268 e. The molecule has 1 aromatic heterocycles. The summed E-state index contributed by atoms with van der Waals surface area (Å²) < 4.78 is 27.6. The molecule has 3 nitrogen and oxygen atoms in total. The van der Waals surface area contributed by atoms with E-state index < -0.39 is 10.0 Å². The monoisotopic (exact) mass is 325 g/mol. The zero-order valence-corrected chi connectivity index (χ0v) is 14.0. The van der Waals surface area contributed by atoms with Gasteiger partial charge in [-0.1, -0.05) is 42.8 Å². The van der Waals surface area contributed by atoms with Gasteiger partial charge in [-0.3, -0.25) is 0 Å². The van der Waals surface area contributed by atoms with E-state index in [1.807, 2.05) is 49.5 Å². The number of hydrogen-bond acceptors (Lipinski definition) is 2. The van der Waals surface area contributed by atoms with Crippen molar-refractivity contribution in [2.45, 2.75) is 31.1 Å². The van der Waals surface area contributed by atoms with Crippen molar-refractivity contribution in [2.24, 2.45) is 5.92 Å². The summed E-state index contributed by atoms with van der Waals surface area (Å²) in [5.41, 5.74) is 2.97. The van der Waals surface area contributed by atoms with E-state index in [1.165, 1.54) is 3.97 Å². The summed E-state index contributed by atoms with van der Waals surface area (Å²) in [6, 6.07) is 14.8. The fourth-order valence-electron chi connectivity index (χ4n) is 3.25. The molecule has 1 heterocycles. The van der Waals surface area contributed by atoms with Crippen LogP contribution in [0.25, 0.3) is 10.9 Å². The van der Waals surface area contributed by atoms with Crippen molar-refractivity contribution in [2.75, 3.05) is 0 Å². The molecule has 118 valence electrons. The summed E-state index contributed by atoms with van der Waals surface area (Å²) in [5.74, 6) is 1.12. The van der Waals surface area contributed by atoms with Gasteiger partial charge in [-0.05, 0) is 48.9 Å². The molecule has 0 amide bonds. The second-order valence-electron chi connectivity index (χ2n) is 6.53. The lowest BCUT2D eigenvalue weighted by Crippen LogP contribution is -2.11. The molecule has 0 spiro atoms. The van der Waals surface area contributed by atoms with Gasteiger partial charge in [-0.25, -0.2) is 12.4 Å². The molecular formula is C19H19NO2S. The lowest BCUT2D eigenvalue weighted by atomic mass is 10.1. The Balaban J connectivity index is 1.93. The molecule has 2 aromatic carbocycles. The fraction of sp³-hybridized carbons (Fsp3) is 0.263. The minimum absolute atomic E-state index is 0.333. The predicted molar refractivity (Wildman–Crippen MR) is 92.2 cm³/mol. The molecule has 23 heavy (non-hydrogen) atoms. The fourth-order valence-corrected chi connectivity index (χ4v) is 4.63. The smallest absolute Gasteiger partial charge is 0.241 e. The van der Waals surface area contributed by atoms with E-state index in [0.29, 0.717) is 16.7 Å². The molecule has 0 bridgehead atoms. The quantitative estimate of drug-likeness (QED) is 0.720. The zero-order valence-electron chi connectivity index (χ0n) is 13.2. The van der Waals surface area contributed by atoms with Crippen LogP contribution in [0.4, 0.5) is 0 Å². The number of hydrogen-bond donors (Lipinski definition) is 0. The van der Waals surface area contributed by atoms with Crippen molar-refractivity contribution in [3.63, 3.8) is 0 Å².